The van der Waals surface area contributed by atoms with Crippen molar-refractivity contribution in [3.05, 3.63) is 32.2 Å². The maximum absolute atomic E-state index is 12.3. The molecule has 0 unspecified atom stereocenters. The van der Waals surface area contributed by atoms with Crippen molar-refractivity contribution in [2.45, 2.75) is 18.9 Å². The highest BCUT2D eigenvalue weighted by molar-refractivity contribution is 14.1. The first-order valence-electron chi connectivity index (χ1n) is 5.82. The number of thioether (sulfide) groups is 1. The molecule has 0 atom stereocenters. The molecule has 0 radical (unpaired) electrons. The van der Waals surface area contributed by atoms with Gasteiger partial charge in [-0.15, -0.1) is 0 Å². The topological polar surface area (TPSA) is 40.5 Å². The van der Waals surface area contributed by atoms with Crippen molar-refractivity contribution >= 4 is 62.9 Å². The van der Waals surface area contributed by atoms with E-state index in [4.69, 9.17) is 12.2 Å². The second-order valence-electron chi connectivity index (χ2n) is 4.49. The normalized spacial score (nSPS) is 21.5. The second-order valence-corrected chi connectivity index (χ2v) is 7.41. The summed E-state index contributed by atoms with van der Waals surface area (Å²) in [4.78, 5) is 14.6. The van der Waals surface area contributed by atoms with Gasteiger partial charge < -0.3 is 5.11 Å². The Hall–Kier alpha value is -0.600. The van der Waals surface area contributed by atoms with Crippen LogP contribution in [0.25, 0.3) is 6.08 Å². The van der Waals surface area contributed by atoms with Crippen LogP contribution in [0.3, 0.4) is 0 Å². The van der Waals surface area contributed by atoms with Gasteiger partial charge in [0.1, 0.15) is 10.1 Å². The summed E-state index contributed by atoms with van der Waals surface area (Å²) < 4.78 is 1.64. The van der Waals surface area contributed by atoms with E-state index >= 15 is 0 Å². The lowest BCUT2D eigenvalue weighted by Crippen LogP contribution is -2.30. The Kier molecular flexibility index (Phi) is 3.57. The van der Waals surface area contributed by atoms with Gasteiger partial charge in [0.2, 0.25) is 0 Å². The molecular weight excluding hydrogens is 393 g/mol. The van der Waals surface area contributed by atoms with Crippen LogP contribution in [0.5, 0.6) is 5.75 Å². The van der Waals surface area contributed by atoms with Crippen LogP contribution in [0.15, 0.2) is 23.1 Å². The fraction of sp³-hybridized carbons (Fsp3) is 0.231. The number of amides is 1. The van der Waals surface area contributed by atoms with Gasteiger partial charge in [0, 0.05) is 15.2 Å². The molecule has 0 aromatic heterocycles. The van der Waals surface area contributed by atoms with Gasteiger partial charge in [0.25, 0.3) is 5.91 Å². The van der Waals surface area contributed by atoms with Crippen molar-refractivity contribution in [1.29, 1.82) is 0 Å². The molecule has 1 saturated carbocycles. The van der Waals surface area contributed by atoms with E-state index in [1.807, 2.05) is 12.1 Å². The number of carbonyl (C=O) groups is 1. The summed E-state index contributed by atoms with van der Waals surface area (Å²) in [6.45, 7) is 0. The molecule has 0 spiro atoms. The van der Waals surface area contributed by atoms with Crippen molar-refractivity contribution in [2.24, 2.45) is 0 Å². The van der Waals surface area contributed by atoms with E-state index in [1.165, 1.54) is 11.8 Å². The van der Waals surface area contributed by atoms with Crippen LogP contribution in [0.1, 0.15) is 18.4 Å². The number of halogens is 1. The predicted molar refractivity (Wildman–Crippen MR) is 88.9 cm³/mol. The number of nitrogens with zero attached hydrogens (tertiary/aromatic N) is 1. The molecule has 0 bridgehead atoms. The molecule has 3 rings (SSSR count). The highest BCUT2D eigenvalue weighted by Crippen LogP contribution is 2.40. The first kappa shape index (κ1) is 13.4. The Balaban J connectivity index is 1.94. The highest BCUT2D eigenvalue weighted by Gasteiger charge is 2.41. The van der Waals surface area contributed by atoms with Crippen LogP contribution < -0.4 is 0 Å². The van der Waals surface area contributed by atoms with E-state index in [0.717, 1.165) is 16.4 Å². The number of phenols is 1. The molecule has 1 heterocycles. The summed E-state index contributed by atoms with van der Waals surface area (Å²) >= 11 is 8.74. The molecular formula is C13H10INO2S2. The third kappa shape index (κ3) is 2.66. The quantitative estimate of drug-likeness (QED) is 0.467. The summed E-state index contributed by atoms with van der Waals surface area (Å²) in [5.41, 5.74) is 0.656. The molecule has 1 aliphatic carbocycles. The van der Waals surface area contributed by atoms with Gasteiger partial charge in [-0.05, 0) is 59.7 Å². The molecule has 6 heteroatoms. The van der Waals surface area contributed by atoms with E-state index in [2.05, 4.69) is 22.6 Å². The minimum absolute atomic E-state index is 0.0317. The minimum atomic E-state index is -0.0317. The minimum Gasteiger partial charge on any atom is -0.507 e. The molecule has 1 aromatic rings. The number of thiocarbonyl (C=S) groups is 1. The maximum Gasteiger partial charge on any atom is 0.266 e. The molecule has 3 nitrogen and oxygen atoms in total. The van der Waals surface area contributed by atoms with Gasteiger partial charge in [-0.2, -0.15) is 0 Å². The Bertz CT molecular complexity index is 611. The number of rotatable bonds is 2. The number of aromatic hydroxyl groups is 1. The number of hydrogen-bond acceptors (Lipinski definition) is 4. The van der Waals surface area contributed by atoms with Crippen LogP contribution in [0.2, 0.25) is 0 Å². The van der Waals surface area contributed by atoms with Gasteiger partial charge in [0.15, 0.2) is 0 Å². The molecule has 2 fully saturated rings. The van der Waals surface area contributed by atoms with E-state index in [-0.39, 0.29) is 11.7 Å². The van der Waals surface area contributed by atoms with Crippen molar-refractivity contribution in [2.75, 3.05) is 0 Å². The van der Waals surface area contributed by atoms with E-state index in [1.54, 1.807) is 17.0 Å². The summed E-state index contributed by atoms with van der Waals surface area (Å²) in [5.74, 6) is 0.146. The fourth-order valence-electron chi connectivity index (χ4n) is 1.91. The van der Waals surface area contributed by atoms with Crippen molar-refractivity contribution in [1.82, 2.24) is 4.90 Å². The SMILES string of the molecule is O=C1C(=Cc2cc(I)ccc2O)SC(=S)N1C1CC1. The third-order valence-corrected chi connectivity index (χ3v) is 5.01. The first-order chi connectivity index (χ1) is 9.06. The average molecular weight is 403 g/mol. The summed E-state index contributed by atoms with van der Waals surface area (Å²) in [5, 5.41) is 9.82. The van der Waals surface area contributed by atoms with Gasteiger partial charge >= 0.3 is 0 Å². The van der Waals surface area contributed by atoms with Crippen molar-refractivity contribution < 1.29 is 9.90 Å². The summed E-state index contributed by atoms with van der Waals surface area (Å²) in [6.07, 6.45) is 3.79. The lowest BCUT2D eigenvalue weighted by molar-refractivity contribution is -0.122. The number of carbonyl (C=O) groups excluding carboxylic acids is 1. The number of phenolic OH excluding ortho intramolecular Hbond substituents is 1. The van der Waals surface area contributed by atoms with Gasteiger partial charge in [-0.1, -0.05) is 24.0 Å². The molecule has 1 N–H and O–H groups in total. The fourth-order valence-corrected chi connectivity index (χ4v) is 3.82. The lowest BCUT2D eigenvalue weighted by Gasteiger charge is -2.11. The van der Waals surface area contributed by atoms with Gasteiger partial charge in [0.05, 0.1) is 4.91 Å². The van der Waals surface area contributed by atoms with Crippen molar-refractivity contribution in [3.8, 4) is 5.75 Å². The number of benzene rings is 1. The van der Waals surface area contributed by atoms with E-state index in [9.17, 15) is 9.90 Å². The van der Waals surface area contributed by atoms with Crippen molar-refractivity contribution in [3.63, 3.8) is 0 Å². The molecule has 1 aromatic carbocycles. The lowest BCUT2D eigenvalue weighted by atomic mass is 10.2. The van der Waals surface area contributed by atoms with E-state index in [0.29, 0.717) is 20.8 Å². The van der Waals surface area contributed by atoms with Crippen LogP contribution in [-0.2, 0) is 4.79 Å². The smallest absolute Gasteiger partial charge is 0.266 e. The zero-order chi connectivity index (χ0) is 13.6. The third-order valence-electron chi connectivity index (χ3n) is 3.01. The van der Waals surface area contributed by atoms with Gasteiger partial charge in [-0.3, -0.25) is 9.69 Å². The van der Waals surface area contributed by atoms with E-state index < -0.39 is 0 Å². The molecule has 2 aliphatic rings. The molecule has 1 amide bonds. The predicted octanol–water partition coefficient (Wildman–Crippen LogP) is 3.36. The maximum atomic E-state index is 12.3. The zero-order valence-corrected chi connectivity index (χ0v) is 13.6. The zero-order valence-electron chi connectivity index (χ0n) is 9.80. The standard InChI is InChI=1S/C13H10INO2S2/c14-8-1-4-10(16)7(5-8)6-11-12(17)15(9-2-3-9)13(18)19-11/h1,4-6,9,16H,2-3H2. The molecule has 19 heavy (non-hydrogen) atoms. The Morgan fingerprint density at radius 3 is 2.89 bits per heavy atom. The van der Waals surface area contributed by atoms with Crippen LogP contribution in [0, 0.1) is 3.57 Å². The van der Waals surface area contributed by atoms with Crippen LogP contribution in [-0.4, -0.2) is 26.3 Å². The largest absolute Gasteiger partial charge is 0.507 e. The Labute approximate surface area is 134 Å². The second kappa shape index (κ2) is 5.06. The molecule has 98 valence electrons. The molecule has 1 saturated heterocycles. The first-order valence-corrected chi connectivity index (χ1v) is 8.12. The molecule has 1 aliphatic heterocycles. The summed E-state index contributed by atoms with van der Waals surface area (Å²) in [7, 11) is 0. The monoisotopic (exact) mass is 403 g/mol. The van der Waals surface area contributed by atoms with Gasteiger partial charge in [-0.25, -0.2) is 0 Å². The average Bonchev–Trinajstić information content (AvgIpc) is 3.13. The summed E-state index contributed by atoms with van der Waals surface area (Å²) in [6, 6.07) is 5.60. The van der Waals surface area contributed by atoms with Crippen LogP contribution >= 0.6 is 46.6 Å². The van der Waals surface area contributed by atoms with Crippen LogP contribution in [0.4, 0.5) is 0 Å². The highest BCUT2D eigenvalue weighted by atomic mass is 127. The number of hydrogen-bond donors (Lipinski definition) is 1. The Morgan fingerprint density at radius 1 is 1.47 bits per heavy atom. The Morgan fingerprint density at radius 2 is 2.21 bits per heavy atom.